The Bertz CT molecular complexity index is 1040. The van der Waals surface area contributed by atoms with Crippen molar-refractivity contribution in [3.05, 3.63) is 43.9 Å². The quantitative estimate of drug-likeness (QED) is 0.362. The van der Waals surface area contributed by atoms with Gasteiger partial charge >= 0.3 is 5.69 Å². The van der Waals surface area contributed by atoms with E-state index in [0.29, 0.717) is 21.5 Å². The smallest absolute Gasteiger partial charge is 0.327 e. The van der Waals surface area contributed by atoms with Crippen molar-refractivity contribution in [3.63, 3.8) is 0 Å². The van der Waals surface area contributed by atoms with Gasteiger partial charge in [-0.25, -0.2) is 5.43 Å². The highest BCUT2D eigenvalue weighted by Crippen LogP contribution is 2.46. The highest BCUT2D eigenvalue weighted by molar-refractivity contribution is 9.10. The van der Waals surface area contributed by atoms with Crippen LogP contribution in [0.25, 0.3) is 0 Å². The van der Waals surface area contributed by atoms with E-state index in [1.54, 1.807) is 12.1 Å². The summed E-state index contributed by atoms with van der Waals surface area (Å²) in [4.78, 5) is 23.5. The molecule has 1 N–H and O–H groups in total. The van der Waals surface area contributed by atoms with Gasteiger partial charge in [0.1, 0.15) is 5.56 Å². The number of amides is 1. The average Bonchev–Trinajstić information content (AvgIpc) is 3.18. The minimum Gasteiger partial charge on any atom is -0.493 e. The van der Waals surface area contributed by atoms with Gasteiger partial charge < -0.3 is 23.7 Å². The number of hydrazone groups is 1. The second-order valence-electron chi connectivity index (χ2n) is 5.72. The first kappa shape index (κ1) is 21.2. The Morgan fingerprint density at radius 2 is 1.83 bits per heavy atom. The number of nitro benzene ring substituents is 1. The lowest BCUT2D eigenvalue weighted by Crippen LogP contribution is -2.20. The van der Waals surface area contributed by atoms with Crippen LogP contribution in [0.5, 0.6) is 28.7 Å². The summed E-state index contributed by atoms with van der Waals surface area (Å²) >= 11 is 3.37. The van der Waals surface area contributed by atoms with E-state index in [1.807, 2.05) is 0 Å². The van der Waals surface area contributed by atoms with Crippen molar-refractivity contribution in [1.82, 2.24) is 5.43 Å². The first-order chi connectivity index (χ1) is 14.4. The molecule has 11 nitrogen and oxygen atoms in total. The Kier molecular flexibility index (Phi) is 6.26. The lowest BCUT2D eigenvalue weighted by Gasteiger charge is -2.14. The third-order valence-electron chi connectivity index (χ3n) is 4.09. The highest BCUT2D eigenvalue weighted by Gasteiger charge is 2.32. The summed E-state index contributed by atoms with van der Waals surface area (Å²) in [5.74, 6) is 0.120. The number of hydrogen-bond donors (Lipinski definition) is 1. The molecule has 0 aromatic heterocycles. The molecule has 1 heterocycles. The van der Waals surface area contributed by atoms with Crippen LogP contribution in [0.2, 0.25) is 0 Å². The second-order valence-corrected chi connectivity index (χ2v) is 6.58. The fraction of sp³-hybridized carbons (Fsp3) is 0.222. The number of carbonyl (C=O) groups is 1. The van der Waals surface area contributed by atoms with E-state index in [-0.39, 0.29) is 29.6 Å². The summed E-state index contributed by atoms with van der Waals surface area (Å²) in [5.41, 5.74) is 1.97. The molecule has 0 saturated carbocycles. The summed E-state index contributed by atoms with van der Waals surface area (Å²) in [5, 5.41) is 15.5. The van der Waals surface area contributed by atoms with Gasteiger partial charge in [0.15, 0.2) is 17.2 Å². The van der Waals surface area contributed by atoms with E-state index >= 15 is 0 Å². The molecular weight excluding hydrogens is 466 g/mol. The lowest BCUT2D eigenvalue weighted by atomic mass is 10.1. The minimum absolute atomic E-state index is 0.00367. The molecule has 1 amide bonds. The van der Waals surface area contributed by atoms with Crippen LogP contribution in [0.4, 0.5) is 5.69 Å². The molecule has 0 atom stereocenters. The average molecular weight is 482 g/mol. The standard InChI is InChI=1S/C18H16BrN3O8/c1-26-14-5-10(15(22(24)25)17(28-3)16(14)27-2)18(23)21-20-7-9-4-12-13(6-11(9)19)30-8-29-12/h4-7H,8H2,1-3H3,(H,21,23). The number of halogens is 1. The van der Waals surface area contributed by atoms with Crippen LogP contribution in [0.3, 0.4) is 0 Å². The van der Waals surface area contributed by atoms with Crippen molar-refractivity contribution in [2.24, 2.45) is 5.10 Å². The van der Waals surface area contributed by atoms with Crippen molar-refractivity contribution >= 4 is 33.7 Å². The maximum absolute atomic E-state index is 12.6. The number of nitro groups is 1. The van der Waals surface area contributed by atoms with Crippen LogP contribution < -0.4 is 29.1 Å². The maximum Gasteiger partial charge on any atom is 0.327 e. The first-order valence-corrected chi connectivity index (χ1v) is 9.10. The lowest BCUT2D eigenvalue weighted by molar-refractivity contribution is -0.386. The molecule has 0 fully saturated rings. The molecule has 0 spiro atoms. The number of benzene rings is 2. The van der Waals surface area contributed by atoms with Crippen molar-refractivity contribution in [3.8, 4) is 28.7 Å². The zero-order valence-electron chi connectivity index (χ0n) is 16.1. The molecule has 1 aliphatic rings. The van der Waals surface area contributed by atoms with E-state index in [2.05, 4.69) is 26.5 Å². The number of nitrogens with zero attached hydrogens (tertiary/aromatic N) is 2. The van der Waals surface area contributed by atoms with Crippen molar-refractivity contribution in [2.75, 3.05) is 28.1 Å². The van der Waals surface area contributed by atoms with Crippen molar-refractivity contribution < 1.29 is 33.4 Å². The molecule has 12 heteroatoms. The number of methoxy groups -OCH3 is 3. The Balaban J connectivity index is 1.92. The van der Waals surface area contributed by atoms with Gasteiger partial charge in [-0.3, -0.25) is 14.9 Å². The number of rotatable bonds is 7. The molecule has 0 aliphatic carbocycles. The second kappa shape index (κ2) is 8.86. The fourth-order valence-electron chi connectivity index (χ4n) is 2.75. The van der Waals surface area contributed by atoms with Gasteiger partial charge in [0.2, 0.25) is 18.3 Å². The third kappa shape index (κ3) is 3.94. The monoisotopic (exact) mass is 481 g/mol. The van der Waals surface area contributed by atoms with Gasteiger partial charge in [-0.1, -0.05) is 0 Å². The zero-order chi connectivity index (χ0) is 21.8. The normalized spacial score (nSPS) is 12.0. The van der Waals surface area contributed by atoms with Gasteiger partial charge in [0.05, 0.1) is 32.5 Å². The molecule has 0 saturated heterocycles. The van der Waals surface area contributed by atoms with Crippen LogP contribution in [-0.2, 0) is 0 Å². The number of nitrogens with one attached hydrogen (secondary N) is 1. The summed E-state index contributed by atoms with van der Waals surface area (Å²) < 4.78 is 26.6. The molecule has 3 rings (SSSR count). The number of hydrogen-bond acceptors (Lipinski definition) is 9. The molecule has 1 aliphatic heterocycles. The van der Waals surface area contributed by atoms with Gasteiger partial charge in [-0.15, -0.1) is 0 Å². The van der Waals surface area contributed by atoms with Crippen LogP contribution in [0.1, 0.15) is 15.9 Å². The van der Waals surface area contributed by atoms with Crippen molar-refractivity contribution in [1.29, 1.82) is 0 Å². The highest BCUT2D eigenvalue weighted by atomic mass is 79.9. The molecule has 0 radical (unpaired) electrons. The van der Waals surface area contributed by atoms with E-state index in [0.717, 1.165) is 0 Å². The van der Waals surface area contributed by atoms with E-state index < -0.39 is 16.5 Å². The molecule has 0 unspecified atom stereocenters. The Morgan fingerprint density at radius 1 is 1.17 bits per heavy atom. The van der Waals surface area contributed by atoms with Crippen molar-refractivity contribution in [2.45, 2.75) is 0 Å². The maximum atomic E-state index is 12.6. The molecule has 0 bridgehead atoms. The first-order valence-electron chi connectivity index (χ1n) is 8.31. The zero-order valence-corrected chi connectivity index (χ0v) is 17.6. The van der Waals surface area contributed by atoms with Crippen LogP contribution in [-0.4, -0.2) is 45.2 Å². The fourth-order valence-corrected chi connectivity index (χ4v) is 3.17. The van der Waals surface area contributed by atoms with E-state index in [4.69, 9.17) is 23.7 Å². The number of fused-ring (bicyclic) bond motifs is 1. The van der Waals surface area contributed by atoms with Crippen LogP contribution >= 0.6 is 15.9 Å². The summed E-state index contributed by atoms with van der Waals surface area (Å²) in [6.45, 7) is 0.115. The van der Waals surface area contributed by atoms with Gasteiger partial charge in [0, 0.05) is 16.1 Å². The van der Waals surface area contributed by atoms with Gasteiger partial charge in [-0.05, 0) is 28.1 Å². The predicted octanol–water partition coefficient (Wildman–Crippen LogP) is 2.88. The summed E-state index contributed by atoms with van der Waals surface area (Å²) in [7, 11) is 3.86. The van der Waals surface area contributed by atoms with Crippen LogP contribution in [0, 0.1) is 10.1 Å². The number of carbonyl (C=O) groups excluding carboxylic acids is 1. The van der Waals surface area contributed by atoms with Gasteiger partial charge in [0.25, 0.3) is 5.91 Å². The Hall–Kier alpha value is -3.54. The summed E-state index contributed by atoms with van der Waals surface area (Å²) in [6.07, 6.45) is 1.35. The molecule has 2 aromatic carbocycles. The minimum atomic E-state index is -0.839. The Labute approximate surface area is 178 Å². The third-order valence-corrected chi connectivity index (χ3v) is 4.78. The molecular formula is C18H16BrN3O8. The largest absolute Gasteiger partial charge is 0.493 e. The topological polar surface area (TPSA) is 131 Å². The molecule has 30 heavy (non-hydrogen) atoms. The van der Waals surface area contributed by atoms with Crippen LogP contribution in [0.15, 0.2) is 27.8 Å². The molecule has 2 aromatic rings. The molecule has 158 valence electrons. The predicted molar refractivity (Wildman–Crippen MR) is 108 cm³/mol. The SMILES string of the molecule is COc1cc(C(=O)NN=Cc2cc3c(cc2Br)OCO3)c([N+](=O)[O-])c(OC)c1OC. The van der Waals surface area contributed by atoms with E-state index in [1.165, 1.54) is 33.6 Å². The number of ether oxygens (including phenoxy) is 5. The summed E-state index contributed by atoms with van der Waals surface area (Å²) in [6, 6.07) is 4.56. The van der Waals surface area contributed by atoms with E-state index in [9.17, 15) is 14.9 Å². The van der Waals surface area contributed by atoms with Gasteiger partial charge in [-0.2, -0.15) is 5.10 Å². The Morgan fingerprint density at radius 3 is 2.43 bits per heavy atom.